The summed E-state index contributed by atoms with van der Waals surface area (Å²) in [5, 5.41) is 4.18. The van der Waals surface area contributed by atoms with E-state index in [1.807, 2.05) is 12.1 Å². The molecule has 0 saturated carbocycles. The molecule has 0 aliphatic carbocycles. The molecule has 19 heavy (non-hydrogen) atoms. The van der Waals surface area contributed by atoms with Gasteiger partial charge in [-0.15, -0.1) is 0 Å². The third-order valence-corrected chi connectivity index (χ3v) is 4.12. The first-order chi connectivity index (χ1) is 8.99. The lowest BCUT2D eigenvalue weighted by Gasteiger charge is -2.41. The van der Waals surface area contributed by atoms with Gasteiger partial charge in [0.1, 0.15) is 0 Å². The summed E-state index contributed by atoms with van der Waals surface area (Å²) in [6.07, 6.45) is 0.981. The summed E-state index contributed by atoms with van der Waals surface area (Å²) >= 11 is 5.93. The number of hydrogen-bond donors (Lipinski definition) is 1. The van der Waals surface area contributed by atoms with E-state index in [0.717, 1.165) is 37.6 Å². The van der Waals surface area contributed by atoms with Crippen LogP contribution >= 0.6 is 11.6 Å². The standard InChI is InChI=1S/C16H23ClN2/c1-13(14-4-6-15(17)7-5-14)12-16(2,3)19-10-8-18-9-11-19/h4-7,18H,1,8-12H2,2-3H3. The molecule has 0 atom stereocenters. The van der Waals surface area contributed by atoms with Crippen molar-refractivity contribution in [1.82, 2.24) is 10.2 Å². The molecule has 0 amide bonds. The van der Waals surface area contributed by atoms with Crippen LogP contribution in [0.4, 0.5) is 0 Å². The van der Waals surface area contributed by atoms with Gasteiger partial charge in [-0.05, 0) is 43.5 Å². The van der Waals surface area contributed by atoms with E-state index in [2.05, 4.69) is 42.8 Å². The van der Waals surface area contributed by atoms with Crippen molar-refractivity contribution < 1.29 is 0 Å². The Morgan fingerprint density at radius 1 is 1.26 bits per heavy atom. The van der Waals surface area contributed by atoms with Crippen LogP contribution in [0.2, 0.25) is 5.02 Å². The largest absolute Gasteiger partial charge is 0.314 e. The Morgan fingerprint density at radius 2 is 1.84 bits per heavy atom. The van der Waals surface area contributed by atoms with Crippen molar-refractivity contribution in [3.05, 3.63) is 41.4 Å². The van der Waals surface area contributed by atoms with Crippen molar-refractivity contribution in [2.75, 3.05) is 26.2 Å². The molecule has 1 aromatic rings. The lowest BCUT2D eigenvalue weighted by Crippen LogP contribution is -2.53. The lowest BCUT2D eigenvalue weighted by atomic mass is 9.89. The molecule has 1 aliphatic rings. The topological polar surface area (TPSA) is 15.3 Å². The molecule has 3 heteroatoms. The van der Waals surface area contributed by atoms with Gasteiger partial charge < -0.3 is 5.32 Å². The Labute approximate surface area is 121 Å². The predicted molar refractivity (Wildman–Crippen MR) is 83.6 cm³/mol. The van der Waals surface area contributed by atoms with Crippen molar-refractivity contribution in [2.45, 2.75) is 25.8 Å². The first-order valence-corrected chi connectivity index (χ1v) is 7.26. The molecule has 0 bridgehead atoms. The third-order valence-electron chi connectivity index (χ3n) is 3.87. The number of rotatable bonds is 4. The van der Waals surface area contributed by atoms with Gasteiger partial charge in [0.05, 0.1) is 0 Å². The predicted octanol–water partition coefficient (Wildman–Crippen LogP) is 3.43. The second kappa shape index (κ2) is 6.08. The highest BCUT2D eigenvalue weighted by Gasteiger charge is 2.28. The second-order valence-corrected chi connectivity index (χ2v) is 6.27. The average molecular weight is 279 g/mol. The lowest BCUT2D eigenvalue weighted by molar-refractivity contribution is 0.108. The molecular formula is C16H23ClN2. The Hall–Kier alpha value is -0.830. The summed E-state index contributed by atoms with van der Waals surface area (Å²) in [5.41, 5.74) is 2.52. The van der Waals surface area contributed by atoms with Crippen LogP contribution in [-0.4, -0.2) is 36.6 Å². The molecule has 1 N–H and O–H groups in total. The Bertz CT molecular complexity index is 431. The van der Waals surface area contributed by atoms with Gasteiger partial charge in [-0.3, -0.25) is 4.90 Å². The van der Waals surface area contributed by atoms with Crippen LogP contribution in [-0.2, 0) is 0 Å². The van der Waals surface area contributed by atoms with Gasteiger partial charge >= 0.3 is 0 Å². The number of halogens is 1. The summed E-state index contributed by atoms with van der Waals surface area (Å²) in [7, 11) is 0. The third kappa shape index (κ3) is 3.82. The van der Waals surface area contributed by atoms with Crippen LogP contribution in [0.1, 0.15) is 25.8 Å². The fourth-order valence-electron chi connectivity index (χ4n) is 2.69. The molecular weight excluding hydrogens is 256 g/mol. The van der Waals surface area contributed by atoms with Gasteiger partial charge in [0.25, 0.3) is 0 Å². The maximum Gasteiger partial charge on any atom is 0.0406 e. The van der Waals surface area contributed by atoms with E-state index in [1.165, 1.54) is 11.1 Å². The molecule has 1 aromatic carbocycles. The number of hydrogen-bond acceptors (Lipinski definition) is 2. The summed E-state index contributed by atoms with van der Waals surface area (Å²) in [6.45, 7) is 13.2. The van der Waals surface area contributed by atoms with Crippen LogP contribution in [0, 0.1) is 0 Å². The minimum Gasteiger partial charge on any atom is -0.314 e. The monoisotopic (exact) mass is 278 g/mol. The van der Waals surface area contributed by atoms with E-state index in [4.69, 9.17) is 11.6 Å². The summed E-state index contributed by atoms with van der Waals surface area (Å²) in [6, 6.07) is 7.97. The number of nitrogens with zero attached hydrogens (tertiary/aromatic N) is 1. The normalized spacial score (nSPS) is 17.4. The van der Waals surface area contributed by atoms with E-state index in [-0.39, 0.29) is 5.54 Å². The molecule has 1 heterocycles. The van der Waals surface area contributed by atoms with E-state index >= 15 is 0 Å². The van der Waals surface area contributed by atoms with Gasteiger partial charge in [-0.2, -0.15) is 0 Å². The smallest absolute Gasteiger partial charge is 0.0406 e. The fraction of sp³-hybridized carbons (Fsp3) is 0.500. The van der Waals surface area contributed by atoms with Crippen molar-refractivity contribution in [1.29, 1.82) is 0 Å². The van der Waals surface area contributed by atoms with Crippen LogP contribution < -0.4 is 5.32 Å². The van der Waals surface area contributed by atoms with Crippen molar-refractivity contribution in [3.63, 3.8) is 0 Å². The zero-order valence-electron chi connectivity index (χ0n) is 11.9. The first-order valence-electron chi connectivity index (χ1n) is 6.88. The summed E-state index contributed by atoms with van der Waals surface area (Å²) in [5.74, 6) is 0. The van der Waals surface area contributed by atoms with Crippen molar-refractivity contribution in [3.8, 4) is 0 Å². The SMILES string of the molecule is C=C(CC(C)(C)N1CCNCC1)c1ccc(Cl)cc1. The molecule has 104 valence electrons. The van der Waals surface area contributed by atoms with Gasteiger partial charge in [0.2, 0.25) is 0 Å². The quantitative estimate of drug-likeness (QED) is 0.908. The van der Waals surface area contributed by atoms with E-state index in [1.54, 1.807) is 0 Å². The highest BCUT2D eigenvalue weighted by Crippen LogP contribution is 2.28. The molecule has 2 rings (SSSR count). The fourth-order valence-corrected chi connectivity index (χ4v) is 2.82. The van der Waals surface area contributed by atoms with Gasteiger partial charge in [-0.1, -0.05) is 30.3 Å². The van der Waals surface area contributed by atoms with Crippen LogP contribution in [0.3, 0.4) is 0 Å². The molecule has 0 spiro atoms. The van der Waals surface area contributed by atoms with Gasteiger partial charge in [-0.25, -0.2) is 0 Å². The minimum atomic E-state index is 0.152. The van der Waals surface area contributed by atoms with Gasteiger partial charge in [0, 0.05) is 36.7 Å². The van der Waals surface area contributed by atoms with Crippen LogP contribution in [0.5, 0.6) is 0 Å². The molecule has 0 radical (unpaired) electrons. The van der Waals surface area contributed by atoms with E-state index in [9.17, 15) is 0 Å². The molecule has 1 aliphatic heterocycles. The summed E-state index contributed by atoms with van der Waals surface area (Å²) in [4.78, 5) is 2.55. The molecule has 1 saturated heterocycles. The van der Waals surface area contributed by atoms with Crippen LogP contribution in [0.25, 0.3) is 5.57 Å². The minimum absolute atomic E-state index is 0.152. The van der Waals surface area contributed by atoms with Crippen LogP contribution in [0.15, 0.2) is 30.8 Å². The van der Waals surface area contributed by atoms with E-state index in [0.29, 0.717) is 0 Å². The number of nitrogens with one attached hydrogen (secondary N) is 1. The maximum atomic E-state index is 5.93. The molecule has 0 unspecified atom stereocenters. The second-order valence-electron chi connectivity index (χ2n) is 5.84. The first kappa shape index (κ1) is 14.6. The highest BCUT2D eigenvalue weighted by molar-refractivity contribution is 6.30. The average Bonchev–Trinajstić information content (AvgIpc) is 2.40. The zero-order chi connectivity index (χ0) is 13.9. The Morgan fingerprint density at radius 3 is 2.42 bits per heavy atom. The van der Waals surface area contributed by atoms with Crippen molar-refractivity contribution in [2.24, 2.45) is 0 Å². The molecule has 0 aromatic heterocycles. The molecule has 2 nitrogen and oxygen atoms in total. The van der Waals surface area contributed by atoms with Gasteiger partial charge in [0.15, 0.2) is 0 Å². The maximum absolute atomic E-state index is 5.93. The Balaban J connectivity index is 2.02. The highest BCUT2D eigenvalue weighted by atomic mass is 35.5. The number of benzene rings is 1. The van der Waals surface area contributed by atoms with E-state index < -0.39 is 0 Å². The van der Waals surface area contributed by atoms with Crippen molar-refractivity contribution >= 4 is 17.2 Å². The summed E-state index contributed by atoms with van der Waals surface area (Å²) < 4.78 is 0. The molecule has 1 fully saturated rings. The number of piperazine rings is 1. The zero-order valence-corrected chi connectivity index (χ0v) is 12.6. The Kier molecular flexibility index (Phi) is 4.67.